The Labute approximate surface area is 119 Å². The molecule has 0 N–H and O–H groups in total. The van der Waals surface area contributed by atoms with Gasteiger partial charge in [0, 0.05) is 37.1 Å². The Morgan fingerprint density at radius 1 is 1.45 bits per heavy atom. The topological polar surface area (TPSA) is 56.6 Å². The minimum Gasteiger partial charge on any atom is -0.449 e. The van der Waals surface area contributed by atoms with Crippen molar-refractivity contribution in [1.82, 2.24) is 9.80 Å². The molecular formula is C15H19N3O2. The number of hydrogen-bond donors (Lipinski definition) is 0. The van der Waals surface area contributed by atoms with E-state index in [0.717, 1.165) is 31.6 Å². The van der Waals surface area contributed by atoms with Crippen LogP contribution in [0.25, 0.3) is 0 Å². The van der Waals surface area contributed by atoms with Crippen LogP contribution in [0.1, 0.15) is 19.8 Å². The van der Waals surface area contributed by atoms with Gasteiger partial charge in [-0.3, -0.25) is 4.90 Å². The molecule has 0 radical (unpaired) electrons. The molecule has 2 heterocycles. The fourth-order valence-electron chi connectivity index (χ4n) is 2.29. The van der Waals surface area contributed by atoms with Crippen molar-refractivity contribution < 1.29 is 9.53 Å². The van der Waals surface area contributed by atoms with Gasteiger partial charge in [0.1, 0.15) is 0 Å². The van der Waals surface area contributed by atoms with Gasteiger partial charge in [-0.25, -0.2) is 4.79 Å². The van der Waals surface area contributed by atoms with Crippen LogP contribution in [0.5, 0.6) is 0 Å². The molecule has 0 atom stereocenters. The Balaban J connectivity index is 1.97. The molecule has 2 aliphatic rings. The highest BCUT2D eigenvalue weighted by atomic mass is 16.5. The third-order valence-corrected chi connectivity index (χ3v) is 3.44. The number of amides is 1. The van der Waals surface area contributed by atoms with Crippen LogP contribution < -0.4 is 0 Å². The summed E-state index contributed by atoms with van der Waals surface area (Å²) >= 11 is 0. The highest BCUT2D eigenvalue weighted by molar-refractivity contribution is 5.70. The Morgan fingerprint density at radius 3 is 2.85 bits per heavy atom. The minimum absolute atomic E-state index is 0.174. The van der Waals surface area contributed by atoms with E-state index in [4.69, 9.17) is 10.00 Å². The van der Waals surface area contributed by atoms with Crippen molar-refractivity contribution in [2.24, 2.45) is 5.92 Å². The van der Waals surface area contributed by atoms with E-state index >= 15 is 0 Å². The normalized spacial score (nSPS) is 19.3. The Hall–Kier alpha value is -2.22. The summed E-state index contributed by atoms with van der Waals surface area (Å²) in [7, 11) is 0. The van der Waals surface area contributed by atoms with Crippen molar-refractivity contribution >= 4 is 6.09 Å². The first-order valence-electron chi connectivity index (χ1n) is 6.91. The van der Waals surface area contributed by atoms with Gasteiger partial charge >= 0.3 is 6.09 Å². The first kappa shape index (κ1) is 14.2. The Kier molecular flexibility index (Phi) is 4.83. The average molecular weight is 273 g/mol. The van der Waals surface area contributed by atoms with Gasteiger partial charge in [0.2, 0.25) is 0 Å². The van der Waals surface area contributed by atoms with Gasteiger partial charge in [0.15, 0.2) is 0 Å². The number of carbonyl (C=O) groups excluding carboxylic acids is 1. The number of nitriles is 1. The average Bonchev–Trinajstić information content (AvgIpc) is 2.73. The maximum Gasteiger partial charge on any atom is 0.417 e. The minimum atomic E-state index is -0.377. The lowest BCUT2D eigenvalue weighted by molar-refractivity contribution is 0.133. The number of hydrogen-bond acceptors (Lipinski definition) is 4. The van der Waals surface area contributed by atoms with Crippen LogP contribution >= 0.6 is 0 Å². The van der Waals surface area contributed by atoms with Crippen LogP contribution in [0.2, 0.25) is 0 Å². The number of carbonyl (C=O) groups is 1. The molecule has 2 aliphatic heterocycles. The summed E-state index contributed by atoms with van der Waals surface area (Å²) < 4.78 is 4.96. The second-order valence-corrected chi connectivity index (χ2v) is 4.75. The SMILES string of the molecule is CCOC(=O)N1C=CC=C(N2CCC(C#N)CC2)C=C1. The van der Waals surface area contributed by atoms with E-state index in [0.29, 0.717) is 6.61 Å². The van der Waals surface area contributed by atoms with Crippen molar-refractivity contribution in [2.45, 2.75) is 19.8 Å². The summed E-state index contributed by atoms with van der Waals surface area (Å²) in [5, 5.41) is 8.91. The van der Waals surface area contributed by atoms with Gasteiger partial charge in [-0.15, -0.1) is 0 Å². The molecule has 1 fully saturated rings. The molecule has 0 spiro atoms. The molecule has 0 aliphatic carbocycles. The summed E-state index contributed by atoms with van der Waals surface area (Å²) in [6, 6.07) is 2.33. The lowest BCUT2D eigenvalue weighted by Crippen LogP contribution is -2.32. The molecule has 0 aromatic carbocycles. The zero-order valence-electron chi connectivity index (χ0n) is 11.7. The van der Waals surface area contributed by atoms with Gasteiger partial charge in [-0.1, -0.05) is 0 Å². The molecule has 5 nitrogen and oxygen atoms in total. The number of nitrogens with zero attached hydrogens (tertiary/aromatic N) is 3. The maximum absolute atomic E-state index is 11.6. The Bertz CT molecular complexity index is 480. The molecule has 0 unspecified atom stereocenters. The monoisotopic (exact) mass is 273 g/mol. The molecule has 2 rings (SSSR count). The Morgan fingerprint density at radius 2 is 2.20 bits per heavy atom. The third kappa shape index (κ3) is 3.41. The van der Waals surface area contributed by atoms with Crippen molar-refractivity contribution in [2.75, 3.05) is 19.7 Å². The number of piperidine rings is 1. The lowest BCUT2D eigenvalue weighted by Gasteiger charge is -2.31. The van der Waals surface area contributed by atoms with E-state index in [1.807, 2.05) is 18.2 Å². The number of ether oxygens (including phenoxy) is 1. The van der Waals surface area contributed by atoms with Crippen molar-refractivity contribution in [3.63, 3.8) is 0 Å². The van der Waals surface area contributed by atoms with Crippen LogP contribution in [0, 0.1) is 17.2 Å². The zero-order chi connectivity index (χ0) is 14.4. The first-order valence-corrected chi connectivity index (χ1v) is 6.91. The molecule has 0 aromatic heterocycles. The summed E-state index contributed by atoms with van der Waals surface area (Å²) in [4.78, 5) is 15.3. The first-order chi connectivity index (χ1) is 9.74. The van der Waals surface area contributed by atoms with E-state index in [-0.39, 0.29) is 12.0 Å². The largest absolute Gasteiger partial charge is 0.449 e. The highest BCUT2D eigenvalue weighted by Crippen LogP contribution is 2.21. The molecule has 1 amide bonds. The predicted molar refractivity (Wildman–Crippen MR) is 75.1 cm³/mol. The number of likely N-dealkylation sites (tertiary alicyclic amines) is 1. The highest BCUT2D eigenvalue weighted by Gasteiger charge is 2.20. The van der Waals surface area contributed by atoms with E-state index in [1.54, 1.807) is 19.3 Å². The fraction of sp³-hybridized carbons (Fsp3) is 0.467. The molecular weight excluding hydrogens is 254 g/mol. The van der Waals surface area contributed by atoms with Gasteiger partial charge in [-0.2, -0.15) is 5.26 Å². The molecule has 0 bridgehead atoms. The smallest absolute Gasteiger partial charge is 0.417 e. The maximum atomic E-state index is 11.6. The van der Waals surface area contributed by atoms with E-state index in [1.165, 1.54) is 4.90 Å². The van der Waals surface area contributed by atoms with Crippen LogP contribution in [-0.2, 0) is 4.74 Å². The standard InChI is InChI=1S/C15H19N3O2/c1-2-20-15(19)18-8-3-4-14(7-11-18)17-9-5-13(12-16)6-10-17/h3-4,7-8,11,13H,2,5-6,9-10H2,1H3. The van der Waals surface area contributed by atoms with Crippen LogP contribution in [-0.4, -0.2) is 35.6 Å². The zero-order valence-corrected chi connectivity index (χ0v) is 11.7. The number of rotatable bonds is 2. The molecule has 5 heteroatoms. The summed E-state index contributed by atoms with van der Waals surface area (Å²) in [6.07, 6.45) is 10.5. The summed E-state index contributed by atoms with van der Waals surface area (Å²) in [6.45, 7) is 3.90. The lowest BCUT2D eigenvalue weighted by atomic mass is 9.98. The van der Waals surface area contributed by atoms with Crippen molar-refractivity contribution in [3.8, 4) is 6.07 Å². The van der Waals surface area contributed by atoms with Gasteiger partial charge < -0.3 is 9.64 Å². The predicted octanol–water partition coefficient (Wildman–Crippen LogP) is 2.61. The van der Waals surface area contributed by atoms with E-state index in [9.17, 15) is 4.79 Å². The van der Waals surface area contributed by atoms with Gasteiger partial charge in [-0.05, 0) is 38.0 Å². The van der Waals surface area contributed by atoms with Gasteiger partial charge in [0.25, 0.3) is 0 Å². The second kappa shape index (κ2) is 6.80. The fourth-order valence-corrected chi connectivity index (χ4v) is 2.29. The van der Waals surface area contributed by atoms with Crippen LogP contribution in [0.3, 0.4) is 0 Å². The van der Waals surface area contributed by atoms with Crippen LogP contribution in [0.4, 0.5) is 4.79 Å². The quantitative estimate of drug-likeness (QED) is 0.776. The number of allylic oxidation sites excluding steroid dienone is 3. The molecule has 20 heavy (non-hydrogen) atoms. The van der Waals surface area contributed by atoms with Crippen LogP contribution in [0.15, 0.2) is 36.3 Å². The molecule has 0 aromatic rings. The van der Waals surface area contributed by atoms with E-state index in [2.05, 4.69) is 11.0 Å². The molecule has 106 valence electrons. The van der Waals surface area contributed by atoms with Crippen molar-refractivity contribution in [3.05, 3.63) is 36.3 Å². The molecule has 0 saturated carbocycles. The molecule has 1 saturated heterocycles. The van der Waals surface area contributed by atoms with E-state index < -0.39 is 0 Å². The summed E-state index contributed by atoms with van der Waals surface area (Å²) in [5.41, 5.74) is 1.06. The third-order valence-electron chi connectivity index (χ3n) is 3.44. The second-order valence-electron chi connectivity index (χ2n) is 4.75. The van der Waals surface area contributed by atoms with Gasteiger partial charge in [0.05, 0.1) is 12.7 Å². The van der Waals surface area contributed by atoms with Crippen molar-refractivity contribution in [1.29, 1.82) is 5.26 Å². The summed E-state index contributed by atoms with van der Waals surface area (Å²) in [5.74, 6) is 0.174.